The van der Waals surface area contributed by atoms with Crippen molar-refractivity contribution in [1.82, 2.24) is 14.8 Å². The minimum absolute atomic E-state index is 0.119. The number of benzene rings is 1. The zero-order valence-electron chi connectivity index (χ0n) is 9.82. The van der Waals surface area contributed by atoms with E-state index in [1.807, 2.05) is 25.4 Å². The van der Waals surface area contributed by atoms with Gasteiger partial charge in [-0.05, 0) is 12.3 Å². The van der Waals surface area contributed by atoms with Crippen molar-refractivity contribution in [3.05, 3.63) is 33.6 Å². The van der Waals surface area contributed by atoms with Gasteiger partial charge in [0.2, 0.25) is 0 Å². The molecule has 4 nitrogen and oxygen atoms in total. The first-order chi connectivity index (χ1) is 8.63. The van der Waals surface area contributed by atoms with Crippen LogP contribution in [0.5, 0.6) is 0 Å². The van der Waals surface area contributed by atoms with Crippen LogP contribution in [0.25, 0.3) is 21.8 Å². The van der Waals surface area contributed by atoms with E-state index in [-0.39, 0.29) is 5.56 Å². The Balaban J connectivity index is 2.69. The number of aromatic amines is 1. The second-order valence-corrected chi connectivity index (χ2v) is 5.18. The van der Waals surface area contributed by atoms with Gasteiger partial charge in [0.05, 0.1) is 21.4 Å². The van der Waals surface area contributed by atoms with Crippen molar-refractivity contribution in [2.24, 2.45) is 7.05 Å². The number of nitrogens with zero attached hydrogens (tertiary/aromatic N) is 2. The minimum Gasteiger partial charge on any atom is -0.287 e. The van der Waals surface area contributed by atoms with Crippen LogP contribution >= 0.6 is 23.4 Å². The Labute approximate surface area is 112 Å². The third-order valence-electron chi connectivity index (χ3n) is 2.93. The highest BCUT2D eigenvalue weighted by Crippen LogP contribution is 2.31. The van der Waals surface area contributed by atoms with E-state index >= 15 is 0 Å². The number of nitrogens with one attached hydrogen (secondary N) is 1. The number of halogens is 1. The summed E-state index contributed by atoms with van der Waals surface area (Å²) in [5, 5.41) is 5.57. The Morgan fingerprint density at radius 3 is 2.94 bits per heavy atom. The van der Waals surface area contributed by atoms with Gasteiger partial charge in [0.15, 0.2) is 0 Å². The molecule has 0 radical (unpaired) electrons. The third kappa shape index (κ3) is 1.47. The maximum Gasteiger partial charge on any atom is 0.274 e. The molecule has 0 fully saturated rings. The molecule has 0 bridgehead atoms. The van der Waals surface area contributed by atoms with Gasteiger partial charge in [-0.2, -0.15) is 0 Å². The topological polar surface area (TPSA) is 50.7 Å². The van der Waals surface area contributed by atoms with Crippen LogP contribution in [-0.4, -0.2) is 21.0 Å². The predicted octanol–water partition coefficient (Wildman–Crippen LogP) is 2.79. The molecule has 2 heterocycles. The van der Waals surface area contributed by atoms with Gasteiger partial charge < -0.3 is 0 Å². The molecule has 2 aromatic heterocycles. The molecule has 1 aromatic carbocycles. The smallest absolute Gasteiger partial charge is 0.274 e. The second-order valence-electron chi connectivity index (χ2n) is 3.98. The third-order valence-corrected chi connectivity index (χ3v) is 3.92. The summed E-state index contributed by atoms with van der Waals surface area (Å²) in [7, 11) is 1.81. The van der Waals surface area contributed by atoms with E-state index in [9.17, 15) is 4.79 Å². The summed E-state index contributed by atoms with van der Waals surface area (Å²) in [5.74, 6) is 0. The van der Waals surface area contributed by atoms with Crippen LogP contribution in [0.3, 0.4) is 0 Å². The van der Waals surface area contributed by atoms with Gasteiger partial charge in [-0.3, -0.25) is 14.6 Å². The lowest BCUT2D eigenvalue weighted by Gasteiger charge is -2.06. The van der Waals surface area contributed by atoms with Crippen molar-refractivity contribution in [3.8, 4) is 0 Å². The normalized spacial score (nSPS) is 11.5. The summed E-state index contributed by atoms with van der Waals surface area (Å²) in [6.45, 7) is 0. The molecule has 92 valence electrons. The van der Waals surface area contributed by atoms with Crippen LogP contribution < -0.4 is 5.56 Å². The lowest BCUT2D eigenvalue weighted by atomic mass is 10.1. The van der Waals surface area contributed by atoms with Crippen molar-refractivity contribution in [2.75, 3.05) is 6.26 Å². The highest BCUT2D eigenvalue weighted by atomic mass is 35.5. The van der Waals surface area contributed by atoms with Crippen molar-refractivity contribution in [2.45, 2.75) is 5.03 Å². The average Bonchev–Trinajstić information content (AvgIpc) is 2.65. The number of aromatic nitrogens is 3. The van der Waals surface area contributed by atoms with E-state index in [2.05, 4.69) is 10.1 Å². The monoisotopic (exact) mass is 279 g/mol. The van der Waals surface area contributed by atoms with Gasteiger partial charge in [-0.1, -0.05) is 23.7 Å². The zero-order chi connectivity index (χ0) is 12.9. The fourth-order valence-corrected chi connectivity index (χ4v) is 2.97. The van der Waals surface area contributed by atoms with Crippen LogP contribution in [0.1, 0.15) is 0 Å². The van der Waals surface area contributed by atoms with Gasteiger partial charge in [0.1, 0.15) is 5.03 Å². The number of aryl methyl sites for hydroxylation is 1. The summed E-state index contributed by atoms with van der Waals surface area (Å²) in [5.41, 5.74) is 1.45. The Bertz CT molecular complexity index is 821. The highest BCUT2D eigenvalue weighted by molar-refractivity contribution is 7.98. The fraction of sp³-hybridized carbons (Fsp3) is 0.167. The van der Waals surface area contributed by atoms with Gasteiger partial charge in [-0.15, -0.1) is 11.8 Å². The average molecular weight is 280 g/mol. The summed E-state index contributed by atoms with van der Waals surface area (Å²) >= 11 is 7.62. The second kappa shape index (κ2) is 4.03. The first-order valence-corrected chi connectivity index (χ1v) is 6.94. The van der Waals surface area contributed by atoms with Crippen LogP contribution in [0, 0.1) is 0 Å². The number of pyridine rings is 1. The zero-order valence-corrected chi connectivity index (χ0v) is 11.4. The van der Waals surface area contributed by atoms with Crippen molar-refractivity contribution < 1.29 is 0 Å². The summed E-state index contributed by atoms with van der Waals surface area (Å²) in [4.78, 5) is 16.4. The summed E-state index contributed by atoms with van der Waals surface area (Å²) in [6, 6.07) is 5.59. The molecule has 0 saturated carbocycles. The standard InChI is InChI=1S/C12H10ClN3OS/c1-16-10-6-4-3-5-7(13)9(6)14-12(18-2)8(10)11(17)15-16/h3-5H,1-2H3,(H,15,17). The molecule has 0 atom stereocenters. The van der Waals surface area contributed by atoms with E-state index < -0.39 is 0 Å². The molecular weight excluding hydrogens is 270 g/mol. The van der Waals surface area contributed by atoms with E-state index in [0.29, 0.717) is 15.4 Å². The fourth-order valence-electron chi connectivity index (χ4n) is 2.18. The number of para-hydroxylation sites is 1. The van der Waals surface area contributed by atoms with E-state index in [4.69, 9.17) is 11.6 Å². The molecule has 0 aliphatic heterocycles. The largest absolute Gasteiger partial charge is 0.287 e. The van der Waals surface area contributed by atoms with Crippen LogP contribution in [0.4, 0.5) is 0 Å². The SMILES string of the molecule is CSc1nc2c(Cl)cccc2c2c1c(=O)[nH]n2C. The van der Waals surface area contributed by atoms with Gasteiger partial charge in [0.25, 0.3) is 5.56 Å². The molecule has 0 aliphatic rings. The molecule has 0 aliphatic carbocycles. The molecule has 0 unspecified atom stereocenters. The molecule has 0 saturated heterocycles. The number of rotatable bonds is 1. The predicted molar refractivity (Wildman–Crippen MR) is 75.6 cm³/mol. The van der Waals surface area contributed by atoms with Gasteiger partial charge in [-0.25, -0.2) is 4.98 Å². The number of hydrogen-bond donors (Lipinski definition) is 1. The van der Waals surface area contributed by atoms with Crippen molar-refractivity contribution >= 4 is 45.2 Å². The number of hydrogen-bond acceptors (Lipinski definition) is 3. The number of fused-ring (bicyclic) bond motifs is 3. The van der Waals surface area contributed by atoms with E-state index in [0.717, 1.165) is 16.4 Å². The highest BCUT2D eigenvalue weighted by Gasteiger charge is 2.15. The van der Waals surface area contributed by atoms with Gasteiger partial charge in [0, 0.05) is 12.4 Å². The molecule has 0 amide bonds. The maximum absolute atomic E-state index is 11.9. The molecule has 3 aromatic rings. The summed E-state index contributed by atoms with van der Waals surface area (Å²) in [6.07, 6.45) is 1.90. The Morgan fingerprint density at radius 2 is 2.22 bits per heavy atom. The minimum atomic E-state index is -0.119. The van der Waals surface area contributed by atoms with Crippen LogP contribution in [0.15, 0.2) is 28.0 Å². The van der Waals surface area contributed by atoms with Crippen molar-refractivity contribution in [1.29, 1.82) is 0 Å². The first kappa shape index (κ1) is 11.6. The number of thioether (sulfide) groups is 1. The molecule has 18 heavy (non-hydrogen) atoms. The molecule has 0 spiro atoms. The summed E-state index contributed by atoms with van der Waals surface area (Å²) < 4.78 is 1.72. The van der Waals surface area contributed by atoms with Crippen LogP contribution in [-0.2, 0) is 7.05 Å². The molecular formula is C12H10ClN3OS. The molecule has 3 rings (SSSR count). The molecule has 6 heteroatoms. The Hall–Kier alpha value is -1.46. The quantitative estimate of drug-likeness (QED) is 0.697. The van der Waals surface area contributed by atoms with E-state index in [1.165, 1.54) is 11.8 Å². The maximum atomic E-state index is 11.9. The Kier molecular flexibility index (Phi) is 2.60. The lowest BCUT2D eigenvalue weighted by Crippen LogP contribution is -2.02. The Morgan fingerprint density at radius 1 is 1.44 bits per heavy atom. The molecule has 1 N–H and O–H groups in total. The van der Waals surface area contributed by atoms with Gasteiger partial charge >= 0.3 is 0 Å². The number of H-pyrrole nitrogens is 1. The van der Waals surface area contributed by atoms with Crippen LogP contribution in [0.2, 0.25) is 5.02 Å². The van der Waals surface area contributed by atoms with E-state index in [1.54, 1.807) is 10.7 Å². The lowest BCUT2D eigenvalue weighted by molar-refractivity contribution is 0.785. The van der Waals surface area contributed by atoms with Crippen molar-refractivity contribution in [3.63, 3.8) is 0 Å². The first-order valence-electron chi connectivity index (χ1n) is 5.34.